The first-order valence-corrected chi connectivity index (χ1v) is 3.27. The minimum atomic E-state index is -5.40. The first-order valence-electron chi connectivity index (χ1n) is 3.27. The van der Waals surface area contributed by atoms with E-state index in [-0.39, 0.29) is 6.92 Å². The topological polar surface area (TPSA) is 9.23 Å². The molecule has 12 heavy (non-hydrogen) atoms. The minimum Gasteiger partial charge on any atom is -0.381 e. The van der Waals surface area contributed by atoms with Gasteiger partial charge in [0.2, 0.25) is 0 Å². The third-order valence-corrected chi connectivity index (χ3v) is 1.08. The molecule has 1 rings (SSSR count). The lowest BCUT2D eigenvalue weighted by Crippen LogP contribution is -2.32. The van der Waals surface area contributed by atoms with Gasteiger partial charge in [-0.15, -0.1) is 0 Å². The summed E-state index contributed by atoms with van der Waals surface area (Å²) in [7, 11) is 0. The van der Waals surface area contributed by atoms with Gasteiger partial charge in [-0.2, -0.15) is 22.0 Å². The van der Waals surface area contributed by atoms with E-state index in [0.29, 0.717) is 0 Å². The molecule has 1 nitrogen and oxygen atoms in total. The van der Waals surface area contributed by atoms with Crippen molar-refractivity contribution < 1.29 is 26.7 Å². The molecule has 0 aliphatic carbocycles. The van der Waals surface area contributed by atoms with Crippen LogP contribution in [-0.2, 0) is 4.74 Å². The predicted molar refractivity (Wildman–Crippen MR) is 32.1 cm³/mol. The summed E-state index contributed by atoms with van der Waals surface area (Å²) in [6.07, 6.45) is -4.12. The SMILES string of the molecule is C1COC1.CC(F)(F)C(F)(F)F. The number of hydrogen-bond acceptors (Lipinski definition) is 1. The molecule has 0 bridgehead atoms. The lowest BCUT2D eigenvalue weighted by atomic mass is 10.4. The Kier molecular flexibility index (Phi) is 3.89. The predicted octanol–water partition coefficient (Wildman–Crippen LogP) is 2.61. The highest BCUT2D eigenvalue weighted by Gasteiger charge is 2.52. The quantitative estimate of drug-likeness (QED) is 0.536. The van der Waals surface area contributed by atoms with Gasteiger partial charge in [0.1, 0.15) is 0 Å². The maximum Gasteiger partial charge on any atom is 0.452 e. The van der Waals surface area contributed by atoms with Gasteiger partial charge in [0.15, 0.2) is 0 Å². The third kappa shape index (κ3) is 4.48. The van der Waals surface area contributed by atoms with Gasteiger partial charge in [-0.05, 0) is 6.42 Å². The highest BCUT2D eigenvalue weighted by Crippen LogP contribution is 2.34. The molecule has 0 aromatic rings. The molecule has 0 atom stereocenters. The van der Waals surface area contributed by atoms with Gasteiger partial charge < -0.3 is 4.74 Å². The Morgan fingerprint density at radius 2 is 1.17 bits per heavy atom. The normalized spacial score (nSPS) is 17.5. The van der Waals surface area contributed by atoms with E-state index in [1.165, 1.54) is 6.42 Å². The van der Waals surface area contributed by atoms with Crippen molar-refractivity contribution in [3.63, 3.8) is 0 Å². The second-order valence-electron chi connectivity index (χ2n) is 2.35. The molecule has 1 aliphatic rings. The molecule has 0 aromatic carbocycles. The van der Waals surface area contributed by atoms with E-state index >= 15 is 0 Å². The Balaban J connectivity index is 0.000000247. The van der Waals surface area contributed by atoms with E-state index in [2.05, 4.69) is 0 Å². The summed E-state index contributed by atoms with van der Waals surface area (Å²) in [5, 5.41) is 0. The number of alkyl halides is 5. The van der Waals surface area contributed by atoms with E-state index < -0.39 is 12.1 Å². The first kappa shape index (κ1) is 11.6. The lowest BCUT2D eigenvalue weighted by molar-refractivity contribution is -0.273. The molecule has 6 heteroatoms. The van der Waals surface area contributed by atoms with Crippen LogP contribution in [0, 0.1) is 0 Å². The van der Waals surface area contributed by atoms with E-state index in [4.69, 9.17) is 4.74 Å². The average molecular weight is 192 g/mol. The second kappa shape index (κ2) is 4.02. The molecule has 0 saturated carbocycles. The molecule has 1 heterocycles. The van der Waals surface area contributed by atoms with E-state index in [0.717, 1.165) is 13.2 Å². The summed E-state index contributed by atoms with van der Waals surface area (Å²) in [6, 6.07) is 0. The monoisotopic (exact) mass is 192 g/mol. The van der Waals surface area contributed by atoms with Crippen LogP contribution in [0.2, 0.25) is 0 Å². The molecule has 1 saturated heterocycles. The standard InChI is InChI=1S/C3H3F5.C3H6O/c1-2(4,5)3(6,7)8;1-2-4-3-1/h1H3;1-3H2. The van der Waals surface area contributed by atoms with Crippen LogP contribution in [0.5, 0.6) is 0 Å². The maximum absolute atomic E-state index is 11.1. The molecule has 0 spiro atoms. The lowest BCUT2D eigenvalue weighted by Gasteiger charge is -2.12. The van der Waals surface area contributed by atoms with Gasteiger partial charge in [0.05, 0.1) is 0 Å². The van der Waals surface area contributed by atoms with Crippen molar-refractivity contribution in [3.05, 3.63) is 0 Å². The summed E-state index contributed by atoms with van der Waals surface area (Å²) in [5.41, 5.74) is 0. The van der Waals surface area contributed by atoms with Crippen molar-refractivity contribution in [1.29, 1.82) is 0 Å². The number of rotatable bonds is 0. The van der Waals surface area contributed by atoms with Crippen molar-refractivity contribution in [2.24, 2.45) is 0 Å². The van der Waals surface area contributed by atoms with Crippen LogP contribution in [0.15, 0.2) is 0 Å². The van der Waals surface area contributed by atoms with Crippen molar-refractivity contribution in [1.82, 2.24) is 0 Å². The van der Waals surface area contributed by atoms with Crippen LogP contribution in [0.4, 0.5) is 22.0 Å². The van der Waals surface area contributed by atoms with Crippen LogP contribution < -0.4 is 0 Å². The fourth-order valence-corrected chi connectivity index (χ4v) is 0.144. The van der Waals surface area contributed by atoms with Crippen LogP contribution in [0.3, 0.4) is 0 Å². The molecule has 0 unspecified atom stereocenters. The molecule has 1 aliphatic heterocycles. The maximum atomic E-state index is 11.1. The van der Waals surface area contributed by atoms with Crippen molar-refractivity contribution in [3.8, 4) is 0 Å². The number of ether oxygens (including phenoxy) is 1. The number of halogens is 5. The highest BCUT2D eigenvalue weighted by molar-refractivity contribution is 4.67. The van der Waals surface area contributed by atoms with Crippen LogP contribution in [0.1, 0.15) is 13.3 Å². The highest BCUT2D eigenvalue weighted by atomic mass is 19.4. The zero-order valence-corrected chi connectivity index (χ0v) is 6.42. The average Bonchev–Trinajstić information content (AvgIpc) is 1.50. The first-order chi connectivity index (χ1) is 5.25. The van der Waals surface area contributed by atoms with Crippen LogP contribution in [0.25, 0.3) is 0 Å². The summed E-state index contributed by atoms with van der Waals surface area (Å²) in [6.45, 7) is 1.81. The van der Waals surface area contributed by atoms with Gasteiger partial charge in [0, 0.05) is 20.1 Å². The van der Waals surface area contributed by atoms with Gasteiger partial charge in [-0.3, -0.25) is 0 Å². The summed E-state index contributed by atoms with van der Waals surface area (Å²) in [4.78, 5) is 0. The van der Waals surface area contributed by atoms with E-state index in [1.807, 2.05) is 0 Å². The molecule has 0 N–H and O–H groups in total. The zero-order valence-electron chi connectivity index (χ0n) is 6.42. The summed E-state index contributed by atoms with van der Waals surface area (Å²) < 4.78 is 59.4. The Bertz CT molecular complexity index is 105. The summed E-state index contributed by atoms with van der Waals surface area (Å²) in [5.74, 6) is -4.56. The van der Waals surface area contributed by atoms with Gasteiger partial charge in [0.25, 0.3) is 0 Å². The largest absolute Gasteiger partial charge is 0.452 e. The van der Waals surface area contributed by atoms with Crippen molar-refractivity contribution >= 4 is 0 Å². The molecule has 0 radical (unpaired) electrons. The fourth-order valence-electron chi connectivity index (χ4n) is 0.144. The third-order valence-electron chi connectivity index (χ3n) is 1.08. The van der Waals surface area contributed by atoms with Crippen LogP contribution in [-0.4, -0.2) is 25.3 Å². The Morgan fingerprint density at radius 1 is 1.00 bits per heavy atom. The van der Waals surface area contributed by atoms with E-state index in [9.17, 15) is 22.0 Å². The molecular formula is C6H9F5O. The molecule has 0 amide bonds. The van der Waals surface area contributed by atoms with Crippen LogP contribution >= 0.6 is 0 Å². The minimum absolute atomic E-state index is 0.188. The molecule has 0 aromatic heterocycles. The van der Waals surface area contributed by atoms with Gasteiger partial charge in [-0.1, -0.05) is 0 Å². The van der Waals surface area contributed by atoms with Gasteiger partial charge in [-0.25, -0.2) is 0 Å². The van der Waals surface area contributed by atoms with Crippen molar-refractivity contribution in [2.75, 3.05) is 13.2 Å². The summed E-state index contributed by atoms with van der Waals surface area (Å²) >= 11 is 0. The van der Waals surface area contributed by atoms with Gasteiger partial charge >= 0.3 is 12.1 Å². The smallest absolute Gasteiger partial charge is 0.381 e. The zero-order chi connectivity index (χ0) is 9.83. The Labute approximate surface area is 66.5 Å². The Hall–Kier alpha value is -0.390. The number of hydrogen-bond donors (Lipinski definition) is 0. The molecular weight excluding hydrogens is 183 g/mol. The molecule has 74 valence electrons. The fraction of sp³-hybridized carbons (Fsp3) is 1.00. The molecule has 1 fully saturated rings. The second-order valence-corrected chi connectivity index (χ2v) is 2.35. The van der Waals surface area contributed by atoms with Crippen molar-refractivity contribution in [2.45, 2.75) is 25.4 Å². The Morgan fingerprint density at radius 3 is 1.17 bits per heavy atom. The van der Waals surface area contributed by atoms with E-state index in [1.54, 1.807) is 0 Å².